The maximum Gasteiger partial charge on any atom is 0.368 e. The molecule has 15 heavy (non-hydrogen) atoms. The molecule has 1 fully saturated rings. The van der Waals surface area contributed by atoms with Gasteiger partial charge in [-0.25, -0.2) is 0 Å². The molecule has 3 nitrogen and oxygen atoms in total. The van der Waals surface area contributed by atoms with E-state index in [-0.39, 0.29) is 0 Å². The number of epoxide rings is 1. The van der Waals surface area contributed by atoms with Gasteiger partial charge in [-0.3, -0.25) is 0 Å². The standard InChI is InChI=1S/C11H16O3Si/c1-12-15(3,13-2)10-6-4-9(5-7-10)11-8-14-11/h4-7,11H,8H2,1-3H3. The number of benzene rings is 1. The van der Waals surface area contributed by atoms with E-state index in [1.807, 2.05) is 6.55 Å². The molecular formula is C11H16O3Si. The third-order valence-corrected chi connectivity index (χ3v) is 5.86. The molecule has 1 heterocycles. The van der Waals surface area contributed by atoms with Gasteiger partial charge in [0.2, 0.25) is 0 Å². The van der Waals surface area contributed by atoms with Crippen molar-refractivity contribution >= 4 is 13.7 Å². The average molecular weight is 224 g/mol. The summed E-state index contributed by atoms with van der Waals surface area (Å²) in [5, 5.41) is 1.15. The Hall–Kier alpha value is -0.683. The van der Waals surface area contributed by atoms with Crippen molar-refractivity contribution in [3.63, 3.8) is 0 Å². The second kappa shape index (κ2) is 4.06. The maximum atomic E-state index is 5.47. The van der Waals surface area contributed by atoms with E-state index in [2.05, 4.69) is 24.3 Å². The van der Waals surface area contributed by atoms with Crippen molar-refractivity contribution in [1.29, 1.82) is 0 Å². The lowest BCUT2D eigenvalue weighted by atomic mass is 10.2. The Bertz CT molecular complexity index is 328. The minimum absolute atomic E-state index is 0.317. The second-order valence-corrected chi connectivity index (χ2v) is 7.08. The van der Waals surface area contributed by atoms with Crippen molar-refractivity contribution in [1.82, 2.24) is 0 Å². The van der Waals surface area contributed by atoms with Gasteiger partial charge in [0, 0.05) is 14.2 Å². The summed E-state index contributed by atoms with van der Waals surface area (Å²) in [7, 11) is 1.25. The average Bonchev–Trinajstić information content (AvgIpc) is 3.12. The van der Waals surface area contributed by atoms with Crippen molar-refractivity contribution in [2.75, 3.05) is 20.8 Å². The first-order valence-corrected chi connectivity index (χ1v) is 7.33. The van der Waals surface area contributed by atoms with Crippen LogP contribution in [0.25, 0.3) is 0 Å². The largest absolute Gasteiger partial charge is 0.394 e. The quantitative estimate of drug-likeness (QED) is 0.571. The van der Waals surface area contributed by atoms with Gasteiger partial charge in [0.25, 0.3) is 0 Å². The van der Waals surface area contributed by atoms with Crippen LogP contribution in [0.4, 0.5) is 0 Å². The zero-order valence-electron chi connectivity index (χ0n) is 9.32. The van der Waals surface area contributed by atoms with Crippen LogP contribution in [0, 0.1) is 0 Å². The highest BCUT2D eigenvalue weighted by atomic mass is 28.4. The first-order chi connectivity index (χ1) is 7.19. The maximum absolute atomic E-state index is 5.47. The zero-order valence-corrected chi connectivity index (χ0v) is 10.3. The smallest absolute Gasteiger partial charge is 0.368 e. The van der Waals surface area contributed by atoms with Gasteiger partial charge in [0.15, 0.2) is 0 Å². The van der Waals surface area contributed by atoms with E-state index >= 15 is 0 Å². The minimum atomic E-state index is -2.15. The van der Waals surface area contributed by atoms with Crippen molar-refractivity contribution in [2.24, 2.45) is 0 Å². The lowest BCUT2D eigenvalue weighted by molar-refractivity contribution is 0.265. The highest BCUT2D eigenvalue weighted by molar-refractivity contribution is 6.79. The lowest BCUT2D eigenvalue weighted by Gasteiger charge is -2.23. The van der Waals surface area contributed by atoms with Crippen molar-refractivity contribution in [3.05, 3.63) is 29.8 Å². The Morgan fingerprint density at radius 3 is 2.13 bits per heavy atom. The van der Waals surface area contributed by atoms with Gasteiger partial charge in [-0.05, 0) is 17.3 Å². The van der Waals surface area contributed by atoms with Crippen LogP contribution in [-0.2, 0) is 13.6 Å². The summed E-state index contributed by atoms with van der Waals surface area (Å²) in [6.45, 7) is 2.89. The molecular weight excluding hydrogens is 208 g/mol. The normalized spacial score (nSPS) is 20.3. The molecule has 0 aromatic heterocycles. The predicted octanol–water partition coefficient (Wildman–Crippen LogP) is 1.33. The van der Waals surface area contributed by atoms with E-state index < -0.39 is 8.56 Å². The molecule has 1 saturated heterocycles. The van der Waals surface area contributed by atoms with Gasteiger partial charge < -0.3 is 13.6 Å². The van der Waals surface area contributed by atoms with E-state index in [1.54, 1.807) is 14.2 Å². The summed E-state index contributed by atoms with van der Waals surface area (Å²) in [6.07, 6.45) is 0.317. The molecule has 0 saturated carbocycles. The molecule has 82 valence electrons. The molecule has 0 bridgehead atoms. The van der Waals surface area contributed by atoms with E-state index in [0.29, 0.717) is 6.10 Å². The van der Waals surface area contributed by atoms with Crippen LogP contribution in [0.1, 0.15) is 11.7 Å². The van der Waals surface area contributed by atoms with Crippen molar-refractivity contribution in [3.8, 4) is 0 Å². The fraction of sp³-hybridized carbons (Fsp3) is 0.455. The Morgan fingerprint density at radius 1 is 1.20 bits per heavy atom. The number of hydrogen-bond donors (Lipinski definition) is 0. The van der Waals surface area contributed by atoms with Gasteiger partial charge in [0.1, 0.15) is 6.10 Å². The predicted molar refractivity (Wildman–Crippen MR) is 60.4 cm³/mol. The Morgan fingerprint density at radius 2 is 1.73 bits per heavy atom. The third-order valence-electron chi connectivity index (χ3n) is 2.92. The molecule has 0 spiro atoms. The minimum Gasteiger partial charge on any atom is -0.394 e. The molecule has 1 aromatic carbocycles. The van der Waals surface area contributed by atoms with Gasteiger partial charge in [0.05, 0.1) is 6.61 Å². The number of rotatable bonds is 4. The monoisotopic (exact) mass is 224 g/mol. The van der Waals surface area contributed by atoms with Crippen LogP contribution in [0.5, 0.6) is 0 Å². The van der Waals surface area contributed by atoms with E-state index in [4.69, 9.17) is 13.6 Å². The topological polar surface area (TPSA) is 31.0 Å². The molecule has 0 radical (unpaired) electrons. The lowest BCUT2D eigenvalue weighted by Crippen LogP contribution is -2.49. The molecule has 1 atom stereocenters. The highest BCUT2D eigenvalue weighted by Crippen LogP contribution is 2.28. The molecule has 1 unspecified atom stereocenters. The highest BCUT2D eigenvalue weighted by Gasteiger charge is 2.32. The van der Waals surface area contributed by atoms with Gasteiger partial charge in [-0.1, -0.05) is 24.3 Å². The first-order valence-electron chi connectivity index (χ1n) is 5.02. The molecule has 0 amide bonds. The van der Waals surface area contributed by atoms with Gasteiger partial charge in [-0.15, -0.1) is 0 Å². The van der Waals surface area contributed by atoms with Crippen molar-refractivity contribution < 1.29 is 13.6 Å². The SMILES string of the molecule is CO[Si](C)(OC)c1ccc(C2CO2)cc1. The summed E-state index contributed by atoms with van der Waals surface area (Å²) in [5.74, 6) is 0. The molecule has 4 heteroatoms. The molecule has 0 N–H and O–H groups in total. The Labute approximate surface area is 91.2 Å². The summed E-state index contributed by atoms with van der Waals surface area (Å²) < 4.78 is 16.2. The van der Waals surface area contributed by atoms with E-state index in [0.717, 1.165) is 11.8 Å². The van der Waals surface area contributed by atoms with Gasteiger partial charge in [-0.2, -0.15) is 0 Å². The third kappa shape index (κ3) is 2.13. The number of hydrogen-bond acceptors (Lipinski definition) is 3. The Balaban J connectivity index is 2.21. The first kappa shape index (κ1) is 10.8. The van der Waals surface area contributed by atoms with Crippen LogP contribution in [0.15, 0.2) is 24.3 Å². The van der Waals surface area contributed by atoms with E-state index in [9.17, 15) is 0 Å². The molecule has 1 aliphatic heterocycles. The summed E-state index contributed by atoms with van der Waals surface area (Å²) in [6, 6.07) is 8.35. The van der Waals surface area contributed by atoms with Crippen LogP contribution >= 0.6 is 0 Å². The van der Waals surface area contributed by atoms with Gasteiger partial charge >= 0.3 is 8.56 Å². The van der Waals surface area contributed by atoms with Crippen molar-refractivity contribution in [2.45, 2.75) is 12.7 Å². The molecule has 1 aliphatic rings. The molecule has 0 aliphatic carbocycles. The fourth-order valence-corrected chi connectivity index (χ4v) is 2.97. The Kier molecular flexibility index (Phi) is 2.93. The molecule has 1 aromatic rings. The van der Waals surface area contributed by atoms with Crippen LogP contribution in [-0.4, -0.2) is 29.4 Å². The summed E-state index contributed by atoms with van der Waals surface area (Å²) in [4.78, 5) is 0. The van der Waals surface area contributed by atoms with Crippen LogP contribution in [0.2, 0.25) is 6.55 Å². The fourth-order valence-electron chi connectivity index (χ4n) is 1.56. The molecule has 2 rings (SSSR count). The van der Waals surface area contributed by atoms with Crippen LogP contribution in [0.3, 0.4) is 0 Å². The van der Waals surface area contributed by atoms with Crippen LogP contribution < -0.4 is 5.19 Å². The summed E-state index contributed by atoms with van der Waals surface area (Å²) in [5.41, 5.74) is 1.24. The summed E-state index contributed by atoms with van der Waals surface area (Å²) >= 11 is 0. The zero-order chi connectivity index (χ0) is 10.9. The number of ether oxygens (including phenoxy) is 1. The van der Waals surface area contributed by atoms with E-state index in [1.165, 1.54) is 5.56 Å². The second-order valence-electron chi connectivity index (χ2n) is 3.80.